The molecule has 28 heavy (non-hydrogen) atoms. The van der Waals surface area contributed by atoms with E-state index in [2.05, 4.69) is 22.4 Å². The van der Waals surface area contributed by atoms with Gasteiger partial charge in [0.2, 0.25) is 11.0 Å². The Bertz CT molecular complexity index is 870. The number of hydrogen-bond acceptors (Lipinski definition) is 7. The van der Waals surface area contributed by atoms with Gasteiger partial charge in [-0.05, 0) is 12.0 Å². The summed E-state index contributed by atoms with van der Waals surface area (Å²) in [5, 5.41) is 12.6. The second-order valence-electron chi connectivity index (χ2n) is 6.95. The third kappa shape index (κ3) is 5.59. The number of nitrogens with zero attached hydrogens (tertiary/aromatic N) is 3. The van der Waals surface area contributed by atoms with Crippen molar-refractivity contribution >= 4 is 32.2 Å². The number of amides is 1. The molecule has 0 saturated carbocycles. The van der Waals surface area contributed by atoms with Crippen molar-refractivity contribution < 1.29 is 13.2 Å². The molecule has 1 atom stereocenters. The Morgan fingerprint density at radius 3 is 2.57 bits per heavy atom. The lowest BCUT2D eigenvalue weighted by Gasteiger charge is -2.33. The minimum absolute atomic E-state index is 0.0734. The molecule has 9 heteroatoms. The molecule has 0 bridgehead atoms. The Hall–Kier alpha value is -1.84. The maximum absolute atomic E-state index is 13.1. The van der Waals surface area contributed by atoms with Crippen molar-refractivity contribution in [3.05, 3.63) is 40.9 Å². The van der Waals surface area contributed by atoms with Crippen LogP contribution in [0.2, 0.25) is 0 Å². The van der Waals surface area contributed by atoms with E-state index in [9.17, 15) is 13.2 Å². The van der Waals surface area contributed by atoms with Crippen molar-refractivity contribution in [2.24, 2.45) is 0 Å². The van der Waals surface area contributed by atoms with Gasteiger partial charge in [-0.3, -0.25) is 15.0 Å². The quantitative estimate of drug-likeness (QED) is 0.658. The lowest BCUT2D eigenvalue weighted by Crippen LogP contribution is -2.46. The van der Waals surface area contributed by atoms with E-state index in [1.165, 1.54) is 11.3 Å². The van der Waals surface area contributed by atoms with Crippen LogP contribution in [-0.4, -0.2) is 54.0 Å². The van der Waals surface area contributed by atoms with Gasteiger partial charge in [0, 0.05) is 19.5 Å². The third-order valence-electron chi connectivity index (χ3n) is 4.80. The number of anilines is 1. The first kappa shape index (κ1) is 20.9. The Kier molecular flexibility index (Phi) is 7.14. The van der Waals surface area contributed by atoms with Crippen molar-refractivity contribution in [3.8, 4) is 0 Å². The molecule has 0 radical (unpaired) electrons. The van der Waals surface area contributed by atoms with Gasteiger partial charge in [0.05, 0.1) is 11.5 Å². The lowest BCUT2D eigenvalue weighted by molar-refractivity contribution is -0.121. The molecule has 3 rings (SSSR count). The normalized spacial score (nSPS) is 17.9. The zero-order valence-electron chi connectivity index (χ0n) is 16.0. The average molecular weight is 423 g/mol. The fourth-order valence-corrected chi connectivity index (χ4v) is 5.27. The predicted octanol–water partition coefficient (Wildman–Crippen LogP) is 2.68. The van der Waals surface area contributed by atoms with Crippen LogP contribution in [0.3, 0.4) is 0 Å². The zero-order chi connectivity index (χ0) is 20.0. The molecular weight excluding hydrogens is 396 g/mol. The van der Waals surface area contributed by atoms with E-state index in [0.29, 0.717) is 18.2 Å². The van der Waals surface area contributed by atoms with Gasteiger partial charge in [-0.2, -0.15) is 0 Å². The van der Waals surface area contributed by atoms with Crippen molar-refractivity contribution in [1.29, 1.82) is 0 Å². The first-order chi connectivity index (χ1) is 13.5. The number of carbonyl (C=O) groups excluding carboxylic acids is 1. The molecule has 1 aliphatic rings. The summed E-state index contributed by atoms with van der Waals surface area (Å²) in [6.45, 7) is 2.84. The number of unbranched alkanes of at least 4 members (excludes halogenated alkanes) is 2. The van der Waals surface area contributed by atoms with Crippen molar-refractivity contribution in [2.75, 3.05) is 29.9 Å². The van der Waals surface area contributed by atoms with Gasteiger partial charge < -0.3 is 0 Å². The van der Waals surface area contributed by atoms with Gasteiger partial charge in [-0.1, -0.05) is 61.4 Å². The molecule has 1 unspecified atom stereocenters. The van der Waals surface area contributed by atoms with E-state index in [1.807, 2.05) is 35.2 Å². The van der Waals surface area contributed by atoms with Gasteiger partial charge in [-0.25, -0.2) is 8.42 Å². The number of benzene rings is 1. The van der Waals surface area contributed by atoms with E-state index in [0.717, 1.165) is 36.3 Å². The van der Waals surface area contributed by atoms with Gasteiger partial charge in [-0.15, -0.1) is 10.2 Å². The molecule has 1 aliphatic heterocycles. The average Bonchev–Trinajstić information content (AvgIpc) is 3.11. The van der Waals surface area contributed by atoms with Crippen molar-refractivity contribution in [1.82, 2.24) is 15.1 Å². The van der Waals surface area contributed by atoms with Crippen LogP contribution in [0.25, 0.3) is 0 Å². The lowest BCUT2D eigenvalue weighted by atomic mass is 10.0. The maximum Gasteiger partial charge on any atom is 0.248 e. The van der Waals surface area contributed by atoms with Crippen LogP contribution in [0.1, 0.15) is 42.8 Å². The summed E-state index contributed by atoms with van der Waals surface area (Å²) in [6.07, 6.45) is 4.23. The summed E-state index contributed by atoms with van der Waals surface area (Å²) in [5.41, 5.74) is 0.840. The summed E-state index contributed by atoms with van der Waals surface area (Å²) < 4.78 is 23.6. The fraction of sp³-hybridized carbons (Fsp3) is 0.526. The van der Waals surface area contributed by atoms with Crippen LogP contribution in [0.15, 0.2) is 30.3 Å². The van der Waals surface area contributed by atoms with E-state index in [4.69, 9.17) is 0 Å². The van der Waals surface area contributed by atoms with Gasteiger partial charge in [0.1, 0.15) is 11.0 Å². The van der Waals surface area contributed by atoms with Crippen LogP contribution in [0, 0.1) is 0 Å². The molecule has 2 heterocycles. The molecule has 0 spiro atoms. The van der Waals surface area contributed by atoms with E-state index >= 15 is 0 Å². The molecule has 7 nitrogen and oxygen atoms in total. The van der Waals surface area contributed by atoms with Gasteiger partial charge in [0.25, 0.3) is 0 Å². The monoisotopic (exact) mass is 422 g/mol. The number of aromatic nitrogens is 2. The smallest absolute Gasteiger partial charge is 0.248 e. The van der Waals surface area contributed by atoms with Crippen LogP contribution in [0.5, 0.6) is 0 Å². The zero-order valence-corrected chi connectivity index (χ0v) is 17.6. The molecule has 0 aliphatic carbocycles. The molecule has 2 aromatic rings. The molecule has 152 valence electrons. The molecule has 1 aromatic carbocycles. The Morgan fingerprint density at radius 2 is 1.89 bits per heavy atom. The van der Waals surface area contributed by atoms with Crippen LogP contribution in [-0.2, 0) is 21.1 Å². The highest BCUT2D eigenvalue weighted by Gasteiger charge is 2.32. The predicted molar refractivity (Wildman–Crippen MR) is 111 cm³/mol. The number of carbonyl (C=O) groups is 1. The second-order valence-corrected chi connectivity index (χ2v) is 10.3. The fourth-order valence-electron chi connectivity index (χ4n) is 3.25. The van der Waals surface area contributed by atoms with E-state index in [-0.39, 0.29) is 17.4 Å². The number of nitrogens with one attached hydrogen (secondary N) is 1. The van der Waals surface area contributed by atoms with Crippen molar-refractivity contribution in [3.63, 3.8) is 0 Å². The van der Waals surface area contributed by atoms with Crippen molar-refractivity contribution in [2.45, 2.75) is 38.6 Å². The number of hydrogen-bond donors (Lipinski definition) is 1. The molecular formula is C19H26N4O3S2. The largest absolute Gasteiger partial charge is 0.299 e. The molecule has 1 aromatic heterocycles. The Labute approximate surface area is 170 Å². The summed E-state index contributed by atoms with van der Waals surface area (Å²) in [7, 11) is -3.02. The standard InChI is InChI=1S/C19H26N4O3S2/c1-2-3-5-10-16-21-22-19(27-16)20-18(24)17(15-8-6-4-7-9-15)23-11-13-28(25,26)14-12-23/h4,6-9,17H,2-3,5,10-14H2,1H3,(H,20,22,24). The van der Waals surface area contributed by atoms with E-state index < -0.39 is 15.9 Å². The van der Waals surface area contributed by atoms with Crippen LogP contribution >= 0.6 is 11.3 Å². The van der Waals surface area contributed by atoms with Gasteiger partial charge >= 0.3 is 0 Å². The summed E-state index contributed by atoms with van der Waals surface area (Å²) in [5.74, 6) is -0.0599. The van der Waals surface area contributed by atoms with E-state index in [1.54, 1.807) is 0 Å². The number of rotatable bonds is 8. The number of sulfone groups is 1. The number of aryl methyl sites for hydroxylation is 1. The molecule has 1 saturated heterocycles. The summed E-state index contributed by atoms with van der Waals surface area (Å²) in [6, 6.07) is 8.89. The highest BCUT2D eigenvalue weighted by atomic mass is 32.2. The Balaban J connectivity index is 1.72. The molecule has 1 amide bonds. The SMILES string of the molecule is CCCCCc1nnc(NC(=O)C(c2ccccc2)N2CCS(=O)(=O)CC2)s1. The third-order valence-corrected chi connectivity index (χ3v) is 7.31. The minimum atomic E-state index is -3.02. The van der Waals surface area contributed by atoms with Gasteiger partial charge in [0.15, 0.2) is 9.84 Å². The van der Waals surface area contributed by atoms with Crippen LogP contribution < -0.4 is 5.32 Å². The second kappa shape index (κ2) is 9.58. The highest BCUT2D eigenvalue weighted by Crippen LogP contribution is 2.26. The summed E-state index contributed by atoms with van der Waals surface area (Å²) >= 11 is 1.40. The maximum atomic E-state index is 13.1. The van der Waals surface area contributed by atoms with Crippen LogP contribution in [0.4, 0.5) is 5.13 Å². The first-order valence-corrected chi connectivity index (χ1v) is 12.2. The summed E-state index contributed by atoms with van der Waals surface area (Å²) in [4.78, 5) is 15.0. The topological polar surface area (TPSA) is 92.3 Å². The molecule has 1 N–H and O–H groups in total. The molecule has 1 fully saturated rings. The first-order valence-electron chi connectivity index (χ1n) is 9.61. The highest BCUT2D eigenvalue weighted by molar-refractivity contribution is 7.91. The Morgan fingerprint density at radius 1 is 1.18 bits per heavy atom. The minimum Gasteiger partial charge on any atom is -0.299 e.